The summed E-state index contributed by atoms with van der Waals surface area (Å²) in [6.45, 7) is 5.92. The quantitative estimate of drug-likeness (QED) is 0.613. The van der Waals surface area contributed by atoms with Gasteiger partial charge in [0, 0.05) is 0 Å². The largest absolute Gasteiger partial charge is 0.509 e. The van der Waals surface area contributed by atoms with Gasteiger partial charge in [0.05, 0.1) is 0 Å². The van der Waals surface area contributed by atoms with Crippen LogP contribution in [-0.2, 0) is 9.47 Å². The first-order valence-corrected chi connectivity index (χ1v) is 4.48. The predicted molar refractivity (Wildman–Crippen MR) is 45.0 cm³/mol. The molecule has 3 heteroatoms. The highest BCUT2D eigenvalue weighted by Crippen LogP contribution is 2.31. The first kappa shape index (κ1) is 9.36. The fraction of sp³-hybridized carbons (Fsp3) is 0.889. The van der Waals surface area contributed by atoms with Gasteiger partial charge in [-0.2, -0.15) is 0 Å². The van der Waals surface area contributed by atoms with Gasteiger partial charge >= 0.3 is 6.16 Å². The van der Waals surface area contributed by atoms with Crippen LogP contribution in [0.3, 0.4) is 0 Å². The summed E-state index contributed by atoms with van der Waals surface area (Å²) in [5, 5.41) is 0. The monoisotopic (exact) mass is 172 g/mol. The van der Waals surface area contributed by atoms with Crippen LogP contribution in [-0.4, -0.2) is 17.9 Å². The highest BCUT2D eigenvalue weighted by molar-refractivity contribution is 5.63. The summed E-state index contributed by atoms with van der Waals surface area (Å²) in [6.07, 6.45) is 2.42. The van der Waals surface area contributed by atoms with Crippen molar-refractivity contribution in [1.82, 2.24) is 0 Å². The highest BCUT2D eigenvalue weighted by atomic mass is 16.8. The van der Waals surface area contributed by atoms with Crippen molar-refractivity contribution in [3.8, 4) is 0 Å². The van der Waals surface area contributed by atoms with Crippen LogP contribution in [0.15, 0.2) is 0 Å². The molecule has 0 N–H and O–H groups in total. The summed E-state index contributed by atoms with van der Waals surface area (Å²) < 4.78 is 10.0. The summed E-state index contributed by atoms with van der Waals surface area (Å²) in [7, 11) is 0. The fourth-order valence-electron chi connectivity index (χ4n) is 1.35. The summed E-state index contributed by atoms with van der Waals surface area (Å²) in [6, 6.07) is 0. The normalized spacial score (nSPS) is 34.6. The standard InChI is InChI=1S/C9H16O3/c1-4-5-6-9(3)7(2)11-8(10)12-9/h7H,4-6H2,1-3H3. The van der Waals surface area contributed by atoms with E-state index >= 15 is 0 Å². The van der Waals surface area contributed by atoms with Gasteiger partial charge in [-0.05, 0) is 26.7 Å². The second kappa shape index (κ2) is 3.33. The number of unbranched alkanes of at least 4 members (excludes halogenated alkanes) is 1. The van der Waals surface area contributed by atoms with E-state index in [2.05, 4.69) is 6.92 Å². The zero-order valence-electron chi connectivity index (χ0n) is 7.92. The van der Waals surface area contributed by atoms with Crippen molar-refractivity contribution in [3.05, 3.63) is 0 Å². The maximum Gasteiger partial charge on any atom is 0.509 e. The van der Waals surface area contributed by atoms with Crippen molar-refractivity contribution in [3.63, 3.8) is 0 Å². The first-order valence-electron chi connectivity index (χ1n) is 4.48. The van der Waals surface area contributed by atoms with Gasteiger partial charge in [0.1, 0.15) is 11.7 Å². The Hall–Kier alpha value is -0.730. The minimum atomic E-state index is -0.527. The van der Waals surface area contributed by atoms with Crippen molar-refractivity contribution in [2.24, 2.45) is 0 Å². The summed E-state index contributed by atoms with van der Waals surface area (Å²) >= 11 is 0. The Balaban J connectivity index is 2.52. The zero-order chi connectivity index (χ0) is 9.19. The van der Waals surface area contributed by atoms with Gasteiger partial charge in [0.15, 0.2) is 0 Å². The van der Waals surface area contributed by atoms with Crippen molar-refractivity contribution < 1.29 is 14.3 Å². The van der Waals surface area contributed by atoms with Crippen LogP contribution in [0.25, 0.3) is 0 Å². The molecule has 0 saturated carbocycles. The molecule has 2 atom stereocenters. The number of hydrogen-bond donors (Lipinski definition) is 0. The van der Waals surface area contributed by atoms with E-state index in [4.69, 9.17) is 9.47 Å². The molecule has 3 nitrogen and oxygen atoms in total. The number of hydrogen-bond acceptors (Lipinski definition) is 3. The number of carbonyl (C=O) groups excluding carboxylic acids is 1. The molecular weight excluding hydrogens is 156 g/mol. The van der Waals surface area contributed by atoms with Gasteiger partial charge in [-0.15, -0.1) is 0 Å². The molecule has 0 bridgehead atoms. The van der Waals surface area contributed by atoms with Crippen molar-refractivity contribution in [2.45, 2.75) is 51.7 Å². The molecule has 0 aromatic heterocycles. The molecule has 0 radical (unpaired) electrons. The first-order chi connectivity index (χ1) is 5.58. The van der Waals surface area contributed by atoms with Crippen molar-refractivity contribution in [1.29, 1.82) is 0 Å². The summed E-state index contributed by atoms with van der Waals surface area (Å²) in [4.78, 5) is 10.8. The summed E-state index contributed by atoms with van der Waals surface area (Å²) in [5.41, 5.74) is -0.396. The van der Waals surface area contributed by atoms with Crippen LogP contribution >= 0.6 is 0 Å². The average molecular weight is 172 g/mol. The Bertz CT molecular complexity index is 179. The zero-order valence-corrected chi connectivity index (χ0v) is 7.92. The second-order valence-electron chi connectivity index (χ2n) is 3.53. The second-order valence-corrected chi connectivity index (χ2v) is 3.53. The highest BCUT2D eigenvalue weighted by Gasteiger charge is 2.44. The molecule has 1 fully saturated rings. The van der Waals surface area contributed by atoms with E-state index < -0.39 is 11.8 Å². The van der Waals surface area contributed by atoms with Crippen LogP contribution in [0.2, 0.25) is 0 Å². The smallest absolute Gasteiger partial charge is 0.427 e. The van der Waals surface area contributed by atoms with Gasteiger partial charge in [-0.25, -0.2) is 4.79 Å². The fourth-order valence-corrected chi connectivity index (χ4v) is 1.35. The molecule has 1 rings (SSSR count). The van der Waals surface area contributed by atoms with Crippen LogP contribution in [0.1, 0.15) is 40.0 Å². The minimum absolute atomic E-state index is 0.114. The molecule has 0 aliphatic carbocycles. The molecule has 0 amide bonds. The Morgan fingerprint density at radius 3 is 2.67 bits per heavy atom. The minimum Gasteiger partial charge on any atom is -0.427 e. The van der Waals surface area contributed by atoms with Crippen molar-refractivity contribution in [2.75, 3.05) is 0 Å². The van der Waals surface area contributed by atoms with Gasteiger partial charge in [0.2, 0.25) is 0 Å². The van der Waals surface area contributed by atoms with E-state index in [1.165, 1.54) is 0 Å². The molecule has 0 aromatic carbocycles. The van der Waals surface area contributed by atoms with Gasteiger partial charge < -0.3 is 9.47 Å². The summed E-state index contributed by atoms with van der Waals surface area (Å²) in [5.74, 6) is 0. The van der Waals surface area contributed by atoms with Gasteiger partial charge in [-0.1, -0.05) is 13.3 Å². The lowest BCUT2D eigenvalue weighted by Crippen LogP contribution is -2.34. The molecule has 1 heterocycles. The van der Waals surface area contributed by atoms with Gasteiger partial charge in [0.25, 0.3) is 0 Å². The third kappa shape index (κ3) is 1.71. The molecule has 2 unspecified atom stereocenters. The average Bonchev–Trinajstić information content (AvgIpc) is 2.23. The van der Waals surface area contributed by atoms with Gasteiger partial charge in [-0.3, -0.25) is 0 Å². The Kier molecular flexibility index (Phi) is 2.60. The van der Waals surface area contributed by atoms with E-state index in [9.17, 15) is 4.79 Å². The molecule has 1 aliphatic heterocycles. The van der Waals surface area contributed by atoms with Crippen LogP contribution in [0.4, 0.5) is 4.79 Å². The number of cyclic esters (lactones) is 2. The molecule has 1 aliphatic rings. The van der Waals surface area contributed by atoms with E-state index in [-0.39, 0.29) is 6.10 Å². The Morgan fingerprint density at radius 2 is 2.25 bits per heavy atom. The maximum absolute atomic E-state index is 10.8. The van der Waals surface area contributed by atoms with E-state index in [1.807, 2.05) is 13.8 Å². The van der Waals surface area contributed by atoms with Crippen LogP contribution < -0.4 is 0 Å². The topological polar surface area (TPSA) is 35.5 Å². The Labute approximate surface area is 73.0 Å². The SMILES string of the molecule is CCCCC1(C)OC(=O)OC1C. The number of carbonyl (C=O) groups is 1. The molecule has 12 heavy (non-hydrogen) atoms. The number of rotatable bonds is 3. The van der Waals surface area contributed by atoms with Crippen LogP contribution in [0.5, 0.6) is 0 Å². The maximum atomic E-state index is 10.8. The predicted octanol–water partition coefficient (Wildman–Crippen LogP) is 2.49. The lowest BCUT2D eigenvalue weighted by molar-refractivity contribution is 0.0424. The lowest BCUT2D eigenvalue weighted by atomic mass is 9.94. The van der Waals surface area contributed by atoms with Crippen molar-refractivity contribution >= 4 is 6.16 Å². The van der Waals surface area contributed by atoms with E-state index in [1.54, 1.807) is 0 Å². The third-order valence-electron chi connectivity index (χ3n) is 2.48. The Morgan fingerprint density at radius 1 is 1.58 bits per heavy atom. The lowest BCUT2D eigenvalue weighted by Gasteiger charge is -2.23. The van der Waals surface area contributed by atoms with Crippen LogP contribution in [0, 0.1) is 0 Å². The third-order valence-corrected chi connectivity index (χ3v) is 2.48. The number of ether oxygens (including phenoxy) is 2. The van der Waals surface area contributed by atoms with E-state index in [0.29, 0.717) is 0 Å². The molecular formula is C9H16O3. The van der Waals surface area contributed by atoms with E-state index in [0.717, 1.165) is 19.3 Å². The molecule has 0 spiro atoms. The molecule has 0 aromatic rings. The molecule has 70 valence electrons. The molecule has 1 saturated heterocycles.